The molecule has 154 valence electrons. The molecule has 1 rings (SSSR count). The van der Waals surface area contributed by atoms with E-state index in [0.717, 1.165) is 25.1 Å². The molecule has 0 bridgehead atoms. The first-order chi connectivity index (χ1) is 12.4. The van der Waals surface area contributed by atoms with Crippen molar-refractivity contribution < 1.29 is 27.2 Å². The molecular weight excluding hydrogens is 368 g/mol. The second kappa shape index (κ2) is 12.3. The monoisotopic (exact) mass is 406 g/mol. The summed E-state index contributed by atoms with van der Waals surface area (Å²) < 4.78 is 29.0. The molecule has 1 saturated heterocycles. The lowest BCUT2D eigenvalue weighted by Gasteiger charge is -2.33. The molecule has 1 aliphatic heterocycles. The predicted molar refractivity (Wildman–Crippen MR) is 107 cm³/mol. The van der Waals surface area contributed by atoms with Crippen molar-refractivity contribution in [1.29, 1.82) is 0 Å². The van der Waals surface area contributed by atoms with Gasteiger partial charge >= 0.3 is 14.8 Å². The third kappa shape index (κ3) is 8.18. The van der Waals surface area contributed by atoms with E-state index in [1.54, 1.807) is 0 Å². The zero-order chi connectivity index (χ0) is 19.5. The molecule has 0 N–H and O–H groups in total. The first-order valence-electron chi connectivity index (χ1n) is 10.1. The number of carbonyl (C=O) groups is 1. The summed E-state index contributed by atoms with van der Waals surface area (Å²) in [6.07, 6.45) is 3.06. The van der Waals surface area contributed by atoms with E-state index in [-0.39, 0.29) is 11.9 Å². The van der Waals surface area contributed by atoms with Crippen LogP contribution in [0.3, 0.4) is 0 Å². The summed E-state index contributed by atoms with van der Waals surface area (Å²) in [5, 5.41) is 0. The SMILES string of the molecule is CCO[Si](CCCOC(=O)C(C)C[Si]1(C)CCCCO1)(OCC)OCC. The minimum atomic E-state index is -2.65. The molecule has 1 aliphatic rings. The van der Waals surface area contributed by atoms with E-state index >= 15 is 0 Å². The molecule has 1 fully saturated rings. The fourth-order valence-corrected chi connectivity index (χ4v) is 9.63. The average molecular weight is 407 g/mol. The Morgan fingerprint density at radius 3 is 2.23 bits per heavy atom. The van der Waals surface area contributed by atoms with Crippen LogP contribution in [0.5, 0.6) is 0 Å². The van der Waals surface area contributed by atoms with Gasteiger partial charge in [-0.15, -0.1) is 0 Å². The van der Waals surface area contributed by atoms with Gasteiger partial charge in [0.05, 0.1) is 12.5 Å². The molecule has 1 heterocycles. The maximum absolute atomic E-state index is 12.3. The van der Waals surface area contributed by atoms with Crippen LogP contribution in [0.1, 0.15) is 47.0 Å². The fourth-order valence-electron chi connectivity index (χ4n) is 3.49. The summed E-state index contributed by atoms with van der Waals surface area (Å²) in [7, 11) is -4.37. The van der Waals surface area contributed by atoms with Crippen LogP contribution in [0.15, 0.2) is 0 Å². The first-order valence-corrected chi connectivity index (χ1v) is 14.9. The minimum Gasteiger partial charge on any atom is -0.465 e. The Morgan fingerprint density at radius 2 is 1.73 bits per heavy atom. The van der Waals surface area contributed by atoms with Crippen LogP contribution in [-0.4, -0.2) is 56.1 Å². The van der Waals surface area contributed by atoms with Crippen molar-refractivity contribution >= 4 is 23.1 Å². The third-order valence-electron chi connectivity index (χ3n) is 4.66. The van der Waals surface area contributed by atoms with Gasteiger partial charge in [0.15, 0.2) is 8.32 Å². The largest absolute Gasteiger partial charge is 0.501 e. The van der Waals surface area contributed by atoms with Gasteiger partial charge in [0.25, 0.3) is 0 Å². The number of rotatable bonds is 13. The van der Waals surface area contributed by atoms with Gasteiger partial charge in [-0.3, -0.25) is 4.79 Å². The summed E-state index contributed by atoms with van der Waals surface area (Å²) >= 11 is 0. The van der Waals surface area contributed by atoms with Gasteiger partial charge in [-0.2, -0.15) is 0 Å². The lowest BCUT2D eigenvalue weighted by molar-refractivity contribution is -0.147. The second-order valence-electron chi connectivity index (χ2n) is 7.11. The second-order valence-corrected chi connectivity index (χ2v) is 13.9. The van der Waals surface area contributed by atoms with Gasteiger partial charge in [0.2, 0.25) is 0 Å². The lowest BCUT2D eigenvalue weighted by Crippen LogP contribution is -2.46. The molecule has 2 atom stereocenters. The Bertz CT molecular complexity index is 384. The van der Waals surface area contributed by atoms with E-state index in [1.807, 2.05) is 27.7 Å². The van der Waals surface area contributed by atoms with Crippen LogP contribution >= 0.6 is 0 Å². The quantitative estimate of drug-likeness (QED) is 0.262. The molecule has 0 amide bonds. The summed E-state index contributed by atoms with van der Waals surface area (Å²) in [5.74, 6) is -0.221. The molecule has 0 aromatic heterocycles. The average Bonchev–Trinajstić information content (AvgIpc) is 2.59. The number of esters is 1. The lowest BCUT2D eigenvalue weighted by atomic mass is 10.2. The molecule has 0 aliphatic carbocycles. The standard InChI is InChI=1S/C18H38O6Si2/c1-6-21-26(22-7-2,23-8-3)15-11-12-20-18(19)17(4)16-25(5)14-10-9-13-24-25/h17H,6-16H2,1-5H3. The number of ether oxygens (including phenoxy) is 1. The predicted octanol–water partition coefficient (Wildman–Crippen LogP) is 3.99. The molecule has 26 heavy (non-hydrogen) atoms. The molecule has 8 heteroatoms. The maximum atomic E-state index is 12.3. The van der Waals surface area contributed by atoms with E-state index in [9.17, 15) is 4.79 Å². The summed E-state index contributed by atoms with van der Waals surface area (Å²) in [5.41, 5.74) is 0. The van der Waals surface area contributed by atoms with Gasteiger partial charge in [0.1, 0.15) is 0 Å². The zero-order valence-electron chi connectivity index (χ0n) is 17.3. The molecule has 0 spiro atoms. The molecule has 0 radical (unpaired) electrons. The van der Waals surface area contributed by atoms with E-state index in [4.69, 9.17) is 22.4 Å². The van der Waals surface area contributed by atoms with Crippen LogP contribution in [0.4, 0.5) is 0 Å². The van der Waals surface area contributed by atoms with Gasteiger partial charge < -0.3 is 22.4 Å². The van der Waals surface area contributed by atoms with Crippen LogP contribution in [0, 0.1) is 5.92 Å². The first kappa shape index (κ1) is 23.8. The van der Waals surface area contributed by atoms with Crippen molar-refractivity contribution in [3.05, 3.63) is 0 Å². The topological polar surface area (TPSA) is 63.2 Å². The van der Waals surface area contributed by atoms with Crippen LogP contribution in [-0.2, 0) is 27.2 Å². The van der Waals surface area contributed by atoms with Crippen molar-refractivity contribution in [3.8, 4) is 0 Å². The van der Waals surface area contributed by atoms with Crippen molar-refractivity contribution in [1.82, 2.24) is 0 Å². The molecule has 0 aromatic rings. The number of hydrogen-bond donors (Lipinski definition) is 0. The van der Waals surface area contributed by atoms with Gasteiger partial charge in [0, 0.05) is 32.5 Å². The third-order valence-corrected chi connectivity index (χ3v) is 11.6. The maximum Gasteiger partial charge on any atom is 0.501 e. The van der Waals surface area contributed by atoms with Crippen LogP contribution in [0.2, 0.25) is 24.7 Å². The molecule has 0 saturated carbocycles. The van der Waals surface area contributed by atoms with Gasteiger partial charge in [-0.05, 0) is 52.2 Å². The van der Waals surface area contributed by atoms with E-state index in [0.29, 0.717) is 38.9 Å². The molecule has 0 aromatic carbocycles. The number of hydrogen-bond acceptors (Lipinski definition) is 6. The Kier molecular flexibility index (Phi) is 11.2. The summed E-state index contributed by atoms with van der Waals surface area (Å²) in [6.45, 7) is 12.9. The van der Waals surface area contributed by atoms with E-state index in [1.165, 1.54) is 6.42 Å². The van der Waals surface area contributed by atoms with Crippen molar-refractivity contribution in [2.75, 3.05) is 33.0 Å². The highest BCUT2D eigenvalue weighted by molar-refractivity contribution is 6.72. The molecular formula is C18H38O6Si2. The Morgan fingerprint density at radius 1 is 1.12 bits per heavy atom. The van der Waals surface area contributed by atoms with Crippen molar-refractivity contribution in [3.63, 3.8) is 0 Å². The highest BCUT2D eigenvalue weighted by Gasteiger charge is 2.40. The zero-order valence-corrected chi connectivity index (χ0v) is 19.3. The summed E-state index contributed by atoms with van der Waals surface area (Å²) in [6, 6.07) is 2.66. The fraction of sp³-hybridized carbons (Fsp3) is 0.944. The highest BCUT2D eigenvalue weighted by Crippen LogP contribution is 2.29. The Hall–Kier alpha value is -0.256. The normalized spacial score (nSPS) is 22.2. The minimum absolute atomic E-state index is 0.0996. The highest BCUT2D eigenvalue weighted by atomic mass is 28.4. The van der Waals surface area contributed by atoms with Crippen molar-refractivity contribution in [2.24, 2.45) is 5.92 Å². The number of carbonyl (C=O) groups excluding carboxylic acids is 1. The smallest absolute Gasteiger partial charge is 0.465 e. The van der Waals surface area contributed by atoms with E-state index < -0.39 is 17.1 Å². The Balaban J connectivity index is 2.38. The summed E-state index contributed by atoms with van der Waals surface area (Å²) in [4.78, 5) is 12.3. The van der Waals surface area contributed by atoms with E-state index in [2.05, 4.69) is 6.55 Å². The van der Waals surface area contributed by atoms with Crippen LogP contribution < -0.4 is 0 Å². The molecule has 6 nitrogen and oxygen atoms in total. The van der Waals surface area contributed by atoms with Gasteiger partial charge in [-0.1, -0.05) is 13.3 Å². The van der Waals surface area contributed by atoms with Crippen LogP contribution in [0.25, 0.3) is 0 Å². The van der Waals surface area contributed by atoms with Gasteiger partial charge in [-0.25, -0.2) is 0 Å². The van der Waals surface area contributed by atoms with Crippen molar-refractivity contribution in [2.45, 2.75) is 71.6 Å². The molecule has 2 unspecified atom stereocenters. The Labute approximate surface area is 161 Å².